The molecule has 5 nitrogen and oxygen atoms in total. The Labute approximate surface area is 212 Å². The van der Waals surface area contributed by atoms with E-state index in [0.717, 1.165) is 55.5 Å². The first-order valence-corrected chi connectivity index (χ1v) is 11.7. The molecule has 0 saturated carbocycles. The number of esters is 2. The van der Waals surface area contributed by atoms with Crippen molar-refractivity contribution in [2.45, 2.75) is 0 Å². The highest BCUT2D eigenvalue weighted by Gasteiger charge is 2.19. The number of fused-ring (bicyclic) bond motifs is 7. The summed E-state index contributed by atoms with van der Waals surface area (Å²) in [7, 11) is 0. The fourth-order valence-corrected chi connectivity index (χ4v) is 4.95. The summed E-state index contributed by atoms with van der Waals surface area (Å²) in [4.78, 5) is 24.0. The fourth-order valence-electron chi connectivity index (χ4n) is 4.95. The molecule has 0 aliphatic rings. The van der Waals surface area contributed by atoms with E-state index in [4.69, 9.17) is 9.47 Å². The molecule has 0 fully saturated rings. The lowest BCUT2D eigenvalue weighted by Gasteiger charge is -2.13. The van der Waals surface area contributed by atoms with Crippen LogP contribution in [0.5, 0.6) is 11.5 Å². The van der Waals surface area contributed by atoms with Crippen LogP contribution in [0, 0.1) is 0 Å². The zero-order valence-corrected chi connectivity index (χ0v) is 19.8. The van der Waals surface area contributed by atoms with Crippen LogP contribution < -0.4 is 9.47 Å². The fraction of sp³-hybridized carbons (Fsp3) is 0. The molecule has 0 aliphatic heterocycles. The van der Waals surface area contributed by atoms with Gasteiger partial charge in [-0.1, -0.05) is 73.8 Å². The molecule has 0 N–H and O–H groups in total. The van der Waals surface area contributed by atoms with Crippen molar-refractivity contribution in [2.24, 2.45) is 0 Å². The van der Waals surface area contributed by atoms with Gasteiger partial charge in [-0.2, -0.15) is 0 Å². The minimum absolute atomic E-state index is 0.228. The smallest absolute Gasteiger partial charge is 0.335 e. The number of hydrogen-bond acceptors (Lipinski definition) is 4. The highest BCUT2D eigenvalue weighted by Crippen LogP contribution is 2.41. The Kier molecular flexibility index (Phi) is 5.31. The SMILES string of the molecule is C=CC(=O)Oc1cc(OC(=O)C=C)cc(-n2c3ccc4ccccc4c3c3c4ccccc4ccc32)c1. The Balaban J connectivity index is 1.74. The maximum Gasteiger partial charge on any atom is 0.335 e. The van der Waals surface area contributed by atoms with Crippen LogP contribution in [0.4, 0.5) is 0 Å². The lowest BCUT2D eigenvalue weighted by molar-refractivity contribution is -0.129. The zero-order chi connectivity index (χ0) is 25.5. The van der Waals surface area contributed by atoms with Crippen LogP contribution >= 0.6 is 0 Å². The average Bonchev–Trinajstić information content (AvgIpc) is 3.28. The predicted octanol–water partition coefficient (Wildman–Crippen LogP) is 7.27. The molecule has 0 spiro atoms. The maximum absolute atomic E-state index is 12.0. The molecule has 0 amide bonds. The van der Waals surface area contributed by atoms with E-state index in [-0.39, 0.29) is 11.5 Å². The molecule has 0 unspecified atom stereocenters. The summed E-state index contributed by atoms with van der Waals surface area (Å²) < 4.78 is 13.0. The summed E-state index contributed by atoms with van der Waals surface area (Å²) in [5.74, 6) is -0.772. The van der Waals surface area contributed by atoms with Crippen LogP contribution in [-0.4, -0.2) is 16.5 Å². The Morgan fingerprint density at radius 3 is 1.54 bits per heavy atom. The monoisotopic (exact) mass is 483 g/mol. The van der Waals surface area contributed by atoms with Crippen LogP contribution in [-0.2, 0) is 9.59 Å². The number of rotatable bonds is 5. The van der Waals surface area contributed by atoms with Gasteiger partial charge < -0.3 is 14.0 Å². The first-order chi connectivity index (χ1) is 18.1. The Morgan fingerprint density at radius 1 is 0.622 bits per heavy atom. The molecule has 0 atom stereocenters. The van der Waals surface area contributed by atoms with Gasteiger partial charge in [0.2, 0.25) is 0 Å². The third-order valence-corrected chi connectivity index (χ3v) is 6.44. The van der Waals surface area contributed by atoms with Crippen LogP contribution in [0.15, 0.2) is 116 Å². The van der Waals surface area contributed by atoms with Crippen molar-refractivity contribution < 1.29 is 19.1 Å². The minimum atomic E-state index is -0.614. The molecular formula is C32H21NO4. The first-order valence-electron chi connectivity index (χ1n) is 11.7. The second-order valence-electron chi connectivity index (χ2n) is 8.61. The molecule has 6 aromatic rings. The van der Waals surface area contributed by atoms with Gasteiger partial charge >= 0.3 is 11.9 Å². The standard InChI is InChI=1S/C32H21NO4/c1-3-29(34)36-23-17-22(18-24(19-23)37-30(35)4-2)33-27-15-13-20-9-5-7-11-25(20)31(27)32-26-12-8-6-10-21(26)14-16-28(32)33/h3-19H,1-2H2. The van der Waals surface area contributed by atoms with Gasteiger partial charge in [-0.15, -0.1) is 0 Å². The van der Waals surface area contributed by atoms with E-state index in [2.05, 4.69) is 66.3 Å². The molecule has 1 heterocycles. The summed E-state index contributed by atoms with van der Waals surface area (Å²) in [5, 5.41) is 6.76. The largest absolute Gasteiger partial charge is 0.423 e. The van der Waals surface area contributed by atoms with Gasteiger partial charge in [-0.25, -0.2) is 9.59 Å². The van der Waals surface area contributed by atoms with Crippen LogP contribution in [0.3, 0.4) is 0 Å². The number of ether oxygens (including phenoxy) is 2. The number of hydrogen-bond donors (Lipinski definition) is 0. The number of carbonyl (C=O) groups is 2. The number of aromatic nitrogens is 1. The van der Waals surface area contributed by atoms with Gasteiger partial charge in [0.15, 0.2) is 0 Å². The van der Waals surface area contributed by atoms with Crippen molar-refractivity contribution in [3.8, 4) is 17.2 Å². The molecule has 0 saturated heterocycles. The third kappa shape index (κ3) is 3.74. The van der Waals surface area contributed by atoms with E-state index < -0.39 is 11.9 Å². The molecule has 0 radical (unpaired) electrons. The molecule has 0 aliphatic carbocycles. The summed E-state index contributed by atoms with van der Waals surface area (Å²) in [5.41, 5.74) is 2.61. The van der Waals surface area contributed by atoms with Gasteiger partial charge in [0.25, 0.3) is 0 Å². The van der Waals surface area contributed by atoms with Crippen molar-refractivity contribution in [1.82, 2.24) is 4.57 Å². The highest BCUT2D eigenvalue weighted by atomic mass is 16.5. The number of benzene rings is 5. The minimum Gasteiger partial charge on any atom is -0.423 e. The van der Waals surface area contributed by atoms with E-state index in [1.54, 1.807) is 12.1 Å². The van der Waals surface area contributed by atoms with Gasteiger partial charge in [0.1, 0.15) is 11.5 Å². The van der Waals surface area contributed by atoms with Crippen LogP contribution in [0.2, 0.25) is 0 Å². The molecule has 5 heteroatoms. The lowest BCUT2D eigenvalue weighted by atomic mass is 10.00. The quantitative estimate of drug-likeness (QED) is 0.147. The summed E-state index contributed by atoms with van der Waals surface area (Å²) in [6.45, 7) is 6.95. The van der Waals surface area contributed by atoms with Gasteiger partial charge in [0.05, 0.1) is 16.7 Å². The van der Waals surface area contributed by atoms with Crippen molar-refractivity contribution in [3.05, 3.63) is 116 Å². The van der Waals surface area contributed by atoms with Gasteiger partial charge in [-0.3, -0.25) is 0 Å². The predicted molar refractivity (Wildman–Crippen MR) is 147 cm³/mol. The topological polar surface area (TPSA) is 57.5 Å². The molecule has 6 rings (SSSR count). The maximum atomic E-state index is 12.0. The Hall–Kier alpha value is -5.16. The van der Waals surface area contributed by atoms with E-state index >= 15 is 0 Å². The van der Waals surface area contributed by atoms with Crippen molar-refractivity contribution in [2.75, 3.05) is 0 Å². The van der Waals surface area contributed by atoms with E-state index in [9.17, 15) is 9.59 Å². The van der Waals surface area contributed by atoms with E-state index in [0.29, 0.717) is 5.69 Å². The summed E-state index contributed by atoms with van der Waals surface area (Å²) >= 11 is 0. The second kappa shape index (κ2) is 8.81. The van der Waals surface area contributed by atoms with Crippen LogP contribution in [0.1, 0.15) is 0 Å². The van der Waals surface area contributed by atoms with Crippen molar-refractivity contribution in [3.63, 3.8) is 0 Å². The molecular weight excluding hydrogens is 462 g/mol. The number of nitrogens with zero attached hydrogens (tertiary/aromatic N) is 1. The average molecular weight is 484 g/mol. The molecule has 178 valence electrons. The molecule has 0 bridgehead atoms. The Morgan fingerprint density at radius 2 is 1.08 bits per heavy atom. The van der Waals surface area contributed by atoms with Crippen molar-refractivity contribution >= 4 is 55.3 Å². The van der Waals surface area contributed by atoms with Crippen molar-refractivity contribution in [1.29, 1.82) is 0 Å². The number of carbonyl (C=O) groups excluding carboxylic acids is 2. The first kappa shape index (κ1) is 22.3. The summed E-state index contributed by atoms with van der Waals surface area (Å²) in [6, 6.07) is 29.9. The third-order valence-electron chi connectivity index (χ3n) is 6.44. The van der Waals surface area contributed by atoms with Gasteiger partial charge in [0, 0.05) is 41.1 Å². The van der Waals surface area contributed by atoms with E-state index in [1.165, 1.54) is 6.07 Å². The normalized spacial score (nSPS) is 11.1. The van der Waals surface area contributed by atoms with Crippen LogP contribution in [0.25, 0.3) is 49.0 Å². The molecule has 5 aromatic carbocycles. The van der Waals surface area contributed by atoms with E-state index in [1.807, 2.05) is 24.3 Å². The molecule has 1 aromatic heterocycles. The zero-order valence-electron chi connectivity index (χ0n) is 19.8. The lowest BCUT2D eigenvalue weighted by Crippen LogP contribution is -2.07. The second-order valence-corrected chi connectivity index (χ2v) is 8.61. The summed E-state index contributed by atoms with van der Waals surface area (Å²) in [6.07, 6.45) is 2.17. The van der Waals surface area contributed by atoms with Gasteiger partial charge in [-0.05, 0) is 33.7 Å². The highest BCUT2D eigenvalue weighted by molar-refractivity contribution is 6.28. The molecule has 37 heavy (non-hydrogen) atoms. The Bertz CT molecular complexity index is 1780.